The average Bonchev–Trinajstić information content (AvgIpc) is 1.59. The number of halogens is 7. The van der Waals surface area contributed by atoms with Crippen LogP contribution in [-0.2, 0) is 63.6 Å². The van der Waals surface area contributed by atoms with E-state index < -0.39 is 76.1 Å². The first-order chi connectivity index (χ1) is 58.2. The first-order valence-corrected chi connectivity index (χ1v) is 41.1. The van der Waals surface area contributed by atoms with Crippen LogP contribution in [0.5, 0.6) is 11.5 Å². The molecule has 4 aromatic heterocycles. The van der Waals surface area contributed by atoms with Gasteiger partial charge < -0.3 is 89.9 Å². The molecule has 0 saturated heterocycles. The summed E-state index contributed by atoms with van der Waals surface area (Å²) in [5, 5.41) is 93.4. The highest BCUT2D eigenvalue weighted by Gasteiger charge is 2.51. The molecule has 8 aromatic carbocycles. The van der Waals surface area contributed by atoms with E-state index in [9.17, 15) is 79.2 Å². The molecule has 1 fully saturated rings. The van der Waals surface area contributed by atoms with Crippen LogP contribution in [-0.4, -0.2) is 147 Å². The molecule has 12 N–H and O–H groups in total. The summed E-state index contributed by atoms with van der Waals surface area (Å²) >= 11 is 43.6. The van der Waals surface area contributed by atoms with E-state index in [0.29, 0.717) is 145 Å². The van der Waals surface area contributed by atoms with Crippen molar-refractivity contribution < 1.29 is 88.7 Å². The van der Waals surface area contributed by atoms with Crippen LogP contribution in [0.25, 0.3) is 43.6 Å². The molecule has 12 aromatic rings. The molecule has 0 aliphatic heterocycles. The highest BCUT2D eigenvalue weighted by atomic mass is 35.5. The third-order valence-corrected chi connectivity index (χ3v) is 25.4. The number of benzene rings is 8. The van der Waals surface area contributed by atoms with Crippen molar-refractivity contribution in [1.82, 2.24) is 39.5 Å². The maximum absolute atomic E-state index is 13.0. The molecule has 4 amide bonds. The number of carbonyl (C=O) groups is 8. The van der Waals surface area contributed by atoms with Gasteiger partial charge in [0.2, 0.25) is 0 Å². The van der Waals surface area contributed by atoms with Crippen molar-refractivity contribution in [2.24, 2.45) is 28.2 Å². The molecule has 1 aliphatic rings. The predicted octanol–water partition coefficient (Wildman–Crippen LogP) is 17.0. The number of hydrogen-bond acceptors (Lipinski definition) is 14. The standard InChI is InChI=1S/C23H24Cl2N2O5.C23H25ClN2O5.C22H20Cl2N2O4.C22H22Cl2N2O4.4H2S/c1-4-14(23(30)31)12-5-7-13(8-6-12)16(11-28)26-22(29)18-9-15-17(27(18)2)10-19(32-3)21(25)20(15)24;1-23(2,22(29)30)14-7-5-13(6-8-14)16(12-27)25-21(28)18-11-15-17(26(18)3)9-10-19(31-4)20(15)24;1-26-17-7-6-15(23)19(24)14(17)10-18(26)20(28)25-16(11-27)12-2-4-13(5-3-12)22(8-9-22)21(29)30;1-22(2,21(29)30)13-6-4-12(5-7-13)16(11-27)25-20(28)18-10-14-17(26(18)3)9-8-15(23)19(14)24;;;;/h5-10,14,16,28H,4,11H2,1-3H3,(H,26,29)(H,30,31);5-11,16,27H,12H2,1-4H3,(H,25,28)(H,29,30);2-7,10,16,27H,8-9,11H2,1H3,(H,25,28)(H,29,30);4-10,16,27H,11H2,1-3H3,(H,25,28)(H,29,30);4*1H2/t14?,16-;3*16-;;;;/m1111..../s1. The summed E-state index contributed by atoms with van der Waals surface area (Å²) in [4.78, 5) is 97.5. The monoisotopic (exact) mass is 1950 g/mol. The van der Waals surface area contributed by atoms with Gasteiger partial charge in [0.15, 0.2) is 0 Å². The van der Waals surface area contributed by atoms with E-state index in [4.69, 9.17) is 90.7 Å². The van der Waals surface area contributed by atoms with Crippen molar-refractivity contribution in [3.05, 3.63) is 266 Å². The molecule has 1 aliphatic carbocycles. The van der Waals surface area contributed by atoms with Crippen molar-refractivity contribution >= 4 is 226 Å². The van der Waals surface area contributed by atoms with Gasteiger partial charge in [0.1, 0.15) is 39.3 Å². The normalized spacial score (nSPS) is 13.1. The Labute approximate surface area is 795 Å². The number of nitrogens with zero attached hydrogens (tertiary/aromatic N) is 4. The number of methoxy groups -OCH3 is 2. The number of rotatable bonds is 27. The molecule has 0 spiro atoms. The van der Waals surface area contributed by atoms with Crippen molar-refractivity contribution in [2.75, 3.05) is 40.6 Å². The minimum Gasteiger partial charge on any atom is -0.495 e. The van der Waals surface area contributed by atoms with Crippen molar-refractivity contribution in [3.63, 3.8) is 0 Å². The predicted molar refractivity (Wildman–Crippen MR) is 517 cm³/mol. The number of carboxylic acids is 4. The largest absolute Gasteiger partial charge is 0.495 e. The van der Waals surface area contributed by atoms with Gasteiger partial charge in [-0.25, -0.2) is 0 Å². The first kappa shape index (κ1) is 106. The van der Waals surface area contributed by atoms with Gasteiger partial charge >= 0.3 is 23.9 Å². The molecular weight excluding hydrogens is 1860 g/mol. The van der Waals surface area contributed by atoms with Crippen LogP contribution < -0.4 is 30.7 Å². The smallest absolute Gasteiger partial charge is 0.314 e. The fourth-order valence-corrected chi connectivity index (χ4v) is 15.8. The zero-order valence-corrected chi connectivity index (χ0v) is 79.8. The van der Waals surface area contributed by atoms with Crippen molar-refractivity contribution in [1.29, 1.82) is 0 Å². The van der Waals surface area contributed by atoms with E-state index in [-0.39, 0.29) is 108 Å². The number of fused-ring (bicyclic) bond motifs is 4. The summed E-state index contributed by atoms with van der Waals surface area (Å²) in [5.74, 6) is -4.79. The number of hydrogen-bond donors (Lipinski definition) is 12. The molecule has 127 heavy (non-hydrogen) atoms. The minimum absolute atomic E-state index is 0. The molecule has 5 atom stereocenters. The fraction of sp³-hybridized carbons (Fsp3) is 0.289. The van der Waals surface area contributed by atoms with Crippen molar-refractivity contribution in [3.8, 4) is 11.5 Å². The lowest BCUT2D eigenvalue weighted by Gasteiger charge is -2.22. The number of aliphatic hydroxyl groups excluding tert-OH is 4. The Bertz CT molecular complexity index is 5880. The fourth-order valence-electron chi connectivity index (χ4n) is 14.3. The van der Waals surface area contributed by atoms with Gasteiger partial charge in [0.05, 0.1) is 128 Å². The summed E-state index contributed by atoms with van der Waals surface area (Å²) < 4.78 is 17.3. The number of nitrogens with one attached hydrogen (secondary N) is 4. The van der Waals surface area contributed by atoms with E-state index in [0.717, 1.165) is 22.1 Å². The topological polar surface area (TPSA) is 385 Å². The van der Waals surface area contributed by atoms with Crippen LogP contribution in [0.2, 0.25) is 35.2 Å². The van der Waals surface area contributed by atoms with Crippen LogP contribution >= 0.6 is 135 Å². The number of aliphatic carboxylic acids is 4. The summed E-state index contributed by atoms with van der Waals surface area (Å²) in [7, 11) is 10.00. The molecule has 26 nitrogen and oxygen atoms in total. The lowest BCUT2D eigenvalue weighted by molar-refractivity contribution is -0.143. The van der Waals surface area contributed by atoms with E-state index in [1.165, 1.54) is 14.2 Å². The second-order valence-electron chi connectivity index (χ2n) is 30.5. The Morgan fingerprint density at radius 1 is 0.386 bits per heavy atom. The number of carbonyl (C=O) groups excluding carboxylic acids is 4. The SMILES string of the molecule is CCC(C(=O)O)c1ccc([C@@H](CO)NC(=O)c2cc3c(Cl)c(Cl)c(OC)cc3n2C)cc1.COc1ccc2c(cc(C(=O)N[C@H](CO)c3ccc(C(C)(C)C(=O)O)cc3)n2C)c1Cl.Cn1c(C(=O)N[C@H](CO)c2ccc(C(C)(C)C(=O)O)cc2)cc2c(Cl)c(Cl)ccc21.Cn1c(C(=O)N[C@H](CO)c2ccc(C3(C(=O)O)CC3)cc2)cc2c(Cl)c(Cl)ccc21.S.S.S.S. The van der Waals surface area contributed by atoms with E-state index in [1.807, 2.05) is 13.0 Å². The Morgan fingerprint density at radius 3 is 0.969 bits per heavy atom. The zero-order chi connectivity index (χ0) is 90.3. The van der Waals surface area contributed by atoms with Crippen LogP contribution in [0, 0.1) is 0 Å². The van der Waals surface area contributed by atoms with Gasteiger partial charge in [0, 0.05) is 66.8 Å². The van der Waals surface area contributed by atoms with Gasteiger partial charge in [-0.3, -0.25) is 38.4 Å². The molecule has 37 heteroatoms. The molecule has 1 unspecified atom stereocenters. The van der Waals surface area contributed by atoms with Gasteiger partial charge in [-0.2, -0.15) is 54.0 Å². The van der Waals surface area contributed by atoms with Crippen LogP contribution in [0.4, 0.5) is 0 Å². The highest BCUT2D eigenvalue weighted by Crippen LogP contribution is 2.49. The Morgan fingerprint density at radius 2 is 0.677 bits per heavy atom. The molecule has 13 rings (SSSR count). The summed E-state index contributed by atoms with van der Waals surface area (Å²) in [6, 6.07) is 43.7. The van der Waals surface area contributed by atoms with Crippen LogP contribution in [0.1, 0.15) is 170 Å². The number of ether oxygens (including phenoxy) is 2. The van der Waals surface area contributed by atoms with Crippen molar-refractivity contribution in [2.45, 2.75) is 100 Å². The highest BCUT2D eigenvalue weighted by molar-refractivity contribution is 7.59. The second-order valence-corrected chi connectivity index (χ2v) is 33.2. The molecule has 680 valence electrons. The third kappa shape index (κ3) is 22.5. The number of aliphatic hydroxyl groups is 4. The van der Waals surface area contributed by atoms with Gasteiger partial charge in [-0.15, -0.1) is 0 Å². The lowest BCUT2D eigenvalue weighted by Crippen LogP contribution is -2.32. The third-order valence-electron chi connectivity index (χ3n) is 22.5. The minimum atomic E-state index is -1.04. The van der Waals surface area contributed by atoms with E-state index in [2.05, 4.69) is 21.3 Å². The summed E-state index contributed by atoms with van der Waals surface area (Å²) in [6.07, 6.45) is 1.71. The molecule has 1 saturated carbocycles. The maximum atomic E-state index is 13.0. The van der Waals surface area contributed by atoms with Gasteiger partial charge in [-0.05, 0) is 152 Å². The lowest BCUT2D eigenvalue weighted by atomic mass is 9.84. The number of carboxylic acid groups (broad SMARTS) is 4. The summed E-state index contributed by atoms with van der Waals surface area (Å²) in [6.45, 7) is 7.03. The molecule has 0 radical (unpaired) electrons. The summed E-state index contributed by atoms with van der Waals surface area (Å²) in [5.41, 5.74) is 6.90. The van der Waals surface area contributed by atoms with Gasteiger partial charge in [-0.1, -0.05) is 185 Å². The van der Waals surface area contributed by atoms with Crippen LogP contribution in [0.3, 0.4) is 0 Å². The molecular formula is C90H99Cl7N8O18S4. The number of aryl methyl sites for hydroxylation is 4. The Hall–Kier alpha value is -9.45. The second kappa shape index (κ2) is 44.7. The number of amides is 4. The van der Waals surface area contributed by atoms with Crippen LogP contribution in [0.15, 0.2) is 164 Å². The Balaban J connectivity index is 0.000000259. The maximum Gasteiger partial charge on any atom is 0.314 e. The number of aromatic nitrogens is 4. The quantitative estimate of drug-likeness (QED) is 0.0227. The molecule has 0 bridgehead atoms. The molecule has 4 heterocycles. The first-order valence-electron chi connectivity index (χ1n) is 38.4. The Kier molecular flexibility index (Phi) is 37.4. The van der Waals surface area contributed by atoms with E-state index >= 15 is 0 Å². The average molecular weight is 1960 g/mol. The van der Waals surface area contributed by atoms with Gasteiger partial charge in [0.25, 0.3) is 23.6 Å². The van der Waals surface area contributed by atoms with E-state index in [1.54, 1.807) is 232 Å². The zero-order valence-electron chi connectivity index (χ0n) is 70.5.